The van der Waals surface area contributed by atoms with Gasteiger partial charge in [0.1, 0.15) is 17.1 Å². The van der Waals surface area contributed by atoms with Crippen molar-refractivity contribution in [3.8, 4) is 5.75 Å². The number of likely N-dealkylation sites (tertiary alicyclic amines) is 1. The van der Waals surface area contributed by atoms with Crippen LogP contribution in [-0.4, -0.2) is 66.0 Å². The Labute approximate surface area is 236 Å². The number of aryl methyl sites for hydroxylation is 1. The van der Waals surface area contributed by atoms with E-state index in [1.165, 1.54) is 26.7 Å². The second kappa shape index (κ2) is 11.2. The lowest BCUT2D eigenvalue weighted by atomic mass is 9.55. The number of hydrogen-bond donors (Lipinski definition) is 0. The minimum atomic E-state index is -0.745. The van der Waals surface area contributed by atoms with Crippen LogP contribution in [-0.2, 0) is 24.5 Å². The maximum absolute atomic E-state index is 13.3. The normalized spacial score (nSPS) is 26.8. The predicted molar refractivity (Wildman–Crippen MR) is 151 cm³/mol. The highest BCUT2D eigenvalue weighted by atomic mass is 16.6. The lowest BCUT2D eigenvalue weighted by Gasteiger charge is -2.60. The molecule has 3 fully saturated rings. The van der Waals surface area contributed by atoms with Crippen molar-refractivity contribution in [2.75, 3.05) is 26.7 Å². The van der Waals surface area contributed by atoms with Crippen LogP contribution in [0.25, 0.3) is 6.08 Å². The van der Waals surface area contributed by atoms with E-state index in [1.54, 1.807) is 24.5 Å². The number of nitrogens with zero attached hydrogens (tertiary/aromatic N) is 2. The molecule has 2 heterocycles. The van der Waals surface area contributed by atoms with Gasteiger partial charge < -0.3 is 18.8 Å². The zero-order valence-corrected chi connectivity index (χ0v) is 24.0. The molecule has 8 nitrogen and oxygen atoms in total. The van der Waals surface area contributed by atoms with Gasteiger partial charge in [-0.25, -0.2) is 0 Å². The lowest BCUT2D eigenvalue weighted by Crippen LogP contribution is -2.68. The summed E-state index contributed by atoms with van der Waals surface area (Å²) in [5.41, 5.74) is 0.567. The van der Waals surface area contributed by atoms with Crippen LogP contribution in [0.1, 0.15) is 69.3 Å². The topological polar surface area (TPSA) is 89.3 Å². The number of piperidine rings is 1. The van der Waals surface area contributed by atoms with Crippen molar-refractivity contribution < 1.29 is 28.3 Å². The fraction of sp³-hybridized carbons (Fsp3) is 0.531. The summed E-state index contributed by atoms with van der Waals surface area (Å²) in [6.45, 7) is 7.30. The van der Waals surface area contributed by atoms with E-state index in [-0.39, 0.29) is 23.9 Å². The summed E-state index contributed by atoms with van der Waals surface area (Å²) in [5.74, 6) is 1.20. The van der Waals surface area contributed by atoms with Crippen LogP contribution in [0.15, 0.2) is 47.1 Å². The molecule has 214 valence electrons. The zero-order chi connectivity index (χ0) is 28.5. The third-order valence-corrected chi connectivity index (χ3v) is 9.07. The van der Waals surface area contributed by atoms with Crippen molar-refractivity contribution in [2.45, 2.75) is 76.4 Å². The Kier molecular flexibility index (Phi) is 7.91. The molecular formula is C32H40N2O6. The Morgan fingerprint density at radius 1 is 1.12 bits per heavy atom. The Bertz CT molecular complexity index is 1300. The number of esters is 2. The summed E-state index contributed by atoms with van der Waals surface area (Å²) in [4.78, 5) is 42.0. The molecule has 0 bridgehead atoms. The van der Waals surface area contributed by atoms with Gasteiger partial charge in [0.25, 0.3) is 0 Å². The summed E-state index contributed by atoms with van der Waals surface area (Å²) >= 11 is 0. The molecule has 1 aromatic carbocycles. The molecule has 3 aliphatic rings. The minimum Gasteiger partial charge on any atom is -0.469 e. The van der Waals surface area contributed by atoms with Crippen molar-refractivity contribution >= 4 is 23.9 Å². The average Bonchev–Trinajstić information content (AvgIpc) is 3.63. The number of rotatable bonds is 8. The summed E-state index contributed by atoms with van der Waals surface area (Å²) in [7, 11) is 1.85. The number of fused-ring (bicyclic) bond motifs is 1. The Hall–Kier alpha value is -3.39. The average molecular weight is 549 g/mol. The number of amides is 1. The first kappa shape index (κ1) is 28.1. The van der Waals surface area contributed by atoms with Crippen LogP contribution in [0.3, 0.4) is 0 Å². The molecule has 2 aliphatic carbocycles. The minimum absolute atomic E-state index is 0.0568. The van der Waals surface area contributed by atoms with E-state index in [9.17, 15) is 14.4 Å². The van der Waals surface area contributed by atoms with Crippen LogP contribution in [0.5, 0.6) is 5.75 Å². The molecule has 1 saturated heterocycles. The molecule has 0 spiro atoms. The maximum Gasteiger partial charge on any atom is 0.308 e. The first-order chi connectivity index (χ1) is 19.1. The molecule has 1 aromatic heterocycles. The van der Waals surface area contributed by atoms with E-state index >= 15 is 0 Å². The van der Waals surface area contributed by atoms with E-state index in [4.69, 9.17) is 13.9 Å². The first-order valence-corrected chi connectivity index (χ1v) is 14.3. The molecule has 2 saturated carbocycles. The predicted octanol–water partition coefficient (Wildman–Crippen LogP) is 4.89. The van der Waals surface area contributed by atoms with E-state index in [1.807, 2.05) is 43.1 Å². The fourth-order valence-electron chi connectivity index (χ4n) is 6.86. The highest BCUT2D eigenvalue weighted by Crippen LogP contribution is 2.55. The molecule has 1 amide bonds. The van der Waals surface area contributed by atoms with Crippen molar-refractivity contribution in [3.05, 3.63) is 59.6 Å². The van der Waals surface area contributed by atoms with Gasteiger partial charge >= 0.3 is 11.9 Å². The number of carbonyl (C=O) groups is 3. The van der Waals surface area contributed by atoms with Gasteiger partial charge in [0.15, 0.2) is 0 Å². The number of likely N-dealkylation sites (N-methyl/N-ethyl adjacent to an activating group) is 1. The van der Waals surface area contributed by atoms with E-state index < -0.39 is 11.0 Å². The zero-order valence-electron chi connectivity index (χ0n) is 24.0. The van der Waals surface area contributed by atoms with Gasteiger partial charge in [0.2, 0.25) is 5.91 Å². The summed E-state index contributed by atoms with van der Waals surface area (Å²) in [5, 5.41) is 0. The smallest absolute Gasteiger partial charge is 0.308 e. The highest BCUT2D eigenvalue weighted by Gasteiger charge is 2.61. The SMILES string of the molecule is CC(=O)Oc1cccc([C@@]23CCN(CC4CC4)C[C@@]2(OC(C)=O)CC[C@@H](N(C)C(=O)/C=C/c2ccoc2C)C3)c1. The molecule has 0 N–H and O–H groups in total. The maximum atomic E-state index is 13.3. The third-order valence-electron chi connectivity index (χ3n) is 9.07. The van der Waals surface area contributed by atoms with Gasteiger partial charge in [-0.2, -0.15) is 0 Å². The second-order valence-corrected chi connectivity index (χ2v) is 11.8. The third kappa shape index (κ3) is 5.73. The monoisotopic (exact) mass is 548 g/mol. The number of furan rings is 1. The van der Waals surface area contributed by atoms with Crippen LogP contribution in [0.4, 0.5) is 0 Å². The van der Waals surface area contributed by atoms with Crippen molar-refractivity contribution in [1.29, 1.82) is 0 Å². The van der Waals surface area contributed by atoms with Gasteiger partial charge in [0.05, 0.1) is 6.26 Å². The fourth-order valence-corrected chi connectivity index (χ4v) is 6.86. The molecule has 2 aromatic rings. The molecule has 3 atom stereocenters. The van der Waals surface area contributed by atoms with Crippen LogP contribution in [0, 0.1) is 12.8 Å². The van der Waals surface area contributed by atoms with Gasteiger partial charge in [0, 0.05) is 57.1 Å². The molecular weight excluding hydrogens is 508 g/mol. The Balaban J connectivity index is 1.49. The number of ether oxygens (including phenoxy) is 2. The molecule has 8 heteroatoms. The summed E-state index contributed by atoms with van der Waals surface area (Å²) in [6, 6.07) is 9.42. The second-order valence-electron chi connectivity index (χ2n) is 11.8. The number of carbonyl (C=O) groups excluding carboxylic acids is 3. The van der Waals surface area contributed by atoms with Gasteiger partial charge in [-0.3, -0.25) is 19.3 Å². The lowest BCUT2D eigenvalue weighted by molar-refractivity contribution is -0.190. The van der Waals surface area contributed by atoms with Crippen LogP contribution >= 0.6 is 0 Å². The van der Waals surface area contributed by atoms with E-state index in [0.717, 1.165) is 48.7 Å². The van der Waals surface area contributed by atoms with Gasteiger partial charge in [-0.15, -0.1) is 0 Å². The molecule has 40 heavy (non-hydrogen) atoms. The summed E-state index contributed by atoms with van der Waals surface area (Å²) < 4.78 is 17.2. The van der Waals surface area contributed by atoms with E-state index in [0.29, 0.717) is 25.1 Å². The van der Waals surface area contributed by atoms with Gasteiger partial charge in [-0.1, -0.05) is 12.1 Å². The quantitative estimate of drug-likeness (QED) is 0.264. The van der Waals surface area contributed by atoms with Crippen LogP contribution < -0.4 is 4.74 Å². The number of hydrogen-bond acceptors (Lipinski definition) is 7. The Morgan fingerprint density at radius 2 is 1.93 bits per heavy atom. The molecule has 0 radical (unpaired) electrons. The molecule has 1 aliphatic heterocycles. The van der Waals surface area contributed by atoms with E-state index in [2.05, 4.69) is 4.90 Å². The van der Waals surface area contributed by atoms with Crippen molar-refractivity contribution in [1.82, 2.24) is 9.80 Å². The number of benzene rings is 1. The first-order valence-electron chi connectivity index (χ1n) is 14.3. The van der Waals surface area contributed by atoms with Gasteiger partial charge in [-0.05, 0) is 87.7 Å². The van der Waals surface area contributed by atoms with Crippen molar-refractivity contribution in [2.24, 2.45) is 5.92 Å². The molecule has 5 rings (SSSR count). The highest BCUT2D eigenvalue weighted by molar-refractivity contribution is 5.92. The largest absolute Gasteiger partial charge is 0.469 e. The standard InChI is InChI=1S/C32H40N2O6/c1-22-26(13-17-38-22)10-11-30(37)33(4)28-12-14-32(40-24(3)36)21-34(20-25-8-9-25)16-15-31(32,19-28)27-6-5-7-29(18-27)39-23(2)35/h5-7,10-11,13,17-18,25,28H,8-9,12,14-16,19-21H2,1-4H3/b11-10+/t28-,31+,32+/m1/s1. The Morgan fingerprint density at radius 3 is 2.60 bits per heavy atom. The van der Waals surface area contributed by atoms with Crippen molar-refractivity contribution in [3.63, 3.8) is 0 Å². The van der Waals surface area contributed by atoms with Crippen LogP contribution in [0.2, 0.25) is 0 Å². The molecule has 0 unspecified atom stereocenters. The summed E-state index contributed by atoms with van der Waals surface area (Å²) in [6.07, 6.45) is 10.3.